The molecule has 0 radical (unpaired) electrons. The van der Waals surface area contributed by atoms with Crippen molar-refractivity contribution >= 4 is 0 Å². The molecular weight excluding hydrogens is 179 g/mol. The van der Waals surface area contributed by atoms with E-state index in [1.165, 1.54) is 0 Å². The van der Waals surface area contributed by atoms with Crippen molar-refractivity contribution in [2.75, 3.05) is 0 Å². The smallest absolute Gasteiger partial charge is 0.358 e. The molecule has 0 heterocycles. The quantitative estimate of drug-likeness (QED) is 0.401. The second-order valence-corrected chi connectivity index (χ2v) is 0.577. The minimum absolute atomic E-state index is 0. The van der Waals surface area contributed by atoms with E-state index in [9.17, 15) is 0 Å². The summed E-state index contributed by atoms with van der Waals surface area (Å²) in [6.07, 6.45) is 2.00. The van der Waals surface area contributed by atoms with E-state index in [1.807, 2.05) is 20.3 Å². The van der Waals surface area contributed by atoms with E-state index >= 15 is 0 Å². The number of rotatable bonds is 0. The fourth-order valence-corrected chi connectivity index (χ4v) is 0. The molecule has 6 heavy (non-hydrogen) atoms. The van der Waals surface area contributed by atoms with Gasteiger partial charge in [0.05, 0.1) is 0 Å². The van der Waals surface area contributed by atoms with Gasteiger partial charge in [0.25, 0.3) is 0 Å². The van der Waals surface area contributed by atoms with Gasteiger partial charge in [-0.2, -0.15) is 13.8 Å². The zero-order chi connectivity index (χ0) is 2.71. The van der Waals surface area contributed by atoms with Gasteiger partial charge in [-0.3, -0.25) is 0 Å². The molecule has 0 fully saturated rings. The van der Waals surface area contributed by atoms with Crippen LogP contribution in [-0.2, 0) is 39.0 Å². The summed E-state index contributed by atoms with van der Waals surface area (Å²) in [6.45, 7) is 4.00. The van der Waals surface area contributed by atoms with Crippen LogP contribution in [0.5, 0.6) is 0 Å². The molecule has 0 rings (SSSR count). The number of hydrogen-bond acceptors (Lipinski definition) is 0. The van der Waals surface area contributed by atoms with Crippen LogP contribution in [0.25, 0.3) is 0 Å². The van der Waals surface area contributed by atoms with Crippen molar-refractivity contribution in [2.24, 2.45) is 0 Å². The Bertz CT molecular complexity index is 5.51. The van der Waals surface area contributed by atoms with Gasteiger partial charge in [0.1, 0.15) is 0 Å². The summed E-state index contributed by atoms with van der Waals surface area (Å²) in [7, 11) is 0. The van der Waals surface area contributed by atoms with Crippen molar-refractivity contribution in [3.63, 3.8) is 0 Å². The van der Waals surface area contributed by atoms with Crippen molar-refractivity contribution in [2.45, 2.75) is 13.8 Å². The predicted molar refractivity (Wildman–Crippen MR) is 22.1 cm³/mol. The summed E-state index contributed by atoms with van der Waals surface area (Å²) < 4.78 is 0. The predicted octanol–water partition coefficient (Wildman–Crippen LogP) is 1.68. The van der Waals surface area contributed by atoms with Gasteiger partial charge in [0, 0.05) is 19.5 Å². The third-order valence-electron chi connectivity index (χ3n) is 0. The minimum Gasteiger partial charge on any atom is -0.358 e. The largest absolute Gasteiger partial charge is 2.00 e. The van der Waals surface area contributed by atoms with E-state index in [-0.39, 0.29) is 46.4 Å². The Hall–Kier alpha value is 1.25. The number of hydrogen-bond donors (Lipinski definition) is 0. The van der Waals surface area contributed by atoms with Crippen LogP contribution in [-0.4, -0.2) is 0 Å². The van der Waals surface area contributed by atoms with Crippen molar-refractivity contribution in [3.05, 3.63) is 13.8 Å². The average Bonchev–Trinajstić information content (AvgIpc) is 0.918. The van der Waals surface area contributed by atoms with E-state index in [4.69, 9.17) is 0 Å². The zero-order valence-electron chi connectivity index (χ0n) is 4.99. The molecule has 0 bridgehead atoms. The monoisotopic (exact) mass is 186 g/mol. The fourth-order valence-electron chi connectivity index (χ4n) is 0. The first-order valence-electron chi connectivity index (χ1n) is 1.15. The van der Waals surface area contributed by atoms with E-state index < -0.39 is 0 Å². The first-order valence-corrected chi connectivity index (χ1v) is 1.15. The molecular formula is C4H10Zn2. The van der Waals surface area contributed by atoms with Crippen LogP contribution in [0.15, 0.2) is 0 Å². The zero-order valence-corrected chi connectivity index (χ0v) is 10.9. The molecule has 0 aromatic carbocycles. The Morgan fingerprint density at radius 1 is 1.17 bits per heavy atom. The Balaban J connectivity index is -0.00000000667. The van der Waals surface area contributed by atoms with Gasteiger partial charge >= 0.3 is 19.5 Å². The Morgan fingerprint density at radius 2 is 1.17 bits per heavy atom. The first-order chi connectivity index (χ1) is 1.41. The second-order valence-electron chi connectivity index (χ2n) is 0.577. The topological polar surface area (TPSA) is 0 Å². The second kappa shape index (κ2) is 34.1. The summed E-state index contributed by atoms with van der Waals surface area (Å²) in [5.74, 6) is 0. The van der Waals surface area contributed by atoms with Crippen molar-refractivity contribution in [3.8, 4) is 0 Å². The average molecular weight is 189 g/mol. The van der Waals surface area contributed by atoms with Crippen LogP contribution in [0, 0.1) is 13.8 Å². The third kappa shape index (κ3) is 60.9. The van der Waals surface area contributed by atoms with Gasteiger partial charge in [0.2, 0.25) is 0 Å². The summed E-state index contributed by atoms with van der Waals surface area (Å²) in [5, 5.41) is 0. The molecule has 0 amide bonds. The van der Waals surface area contributed by atoms with Crippen molar-refractivity contribution < 1.29 is 39.0 Å². The van der Waals surface area contributed by atoms with Crippen LogP contribution >= 0.6 is 0 Å². The Morgan fingerprint density at radius 3 is 1.17 bits per heavy atom. The Kier molecular flexibility index (Phi) is 152. The maximum atomic E-state index is 2.00. The molecule has 0 nitrogen and oxygen atoms in total. The molecule has 0 saturated carbocycles. The standard InChI is InChI=1S/C3H7.CH3.2Zn/c1-3-2;;;/h3H,1-2H3;1H3;;/q2*-1;;+2. The molecule has 0 saturated heterocycles. The van der Waals surface area contributed by atoms with Gasteiger partial charge in [-0.1, -0.05) is 0 Å². The molecule has 2 heteroatoms. The summed E-state index contributed by atoms with van der Waals surface area (Å²) in [4.78, 5) is 0. The van der Waals surface area contributed by atoms with Gasteiger partial charge in [0.15, 0.2) is 0 Å². The molecule has 0 atom stereocenters. The van der Waals surface area contributed by atoms with Crippen molar-refractivity contribution in [1.29, 1.82) is 0 Å². The first kappa shape index (κ1) is 26.8. The summed E-state index contributed by atoms with van der Waals surface area (Å²) >= 11 is 0. The molecule has 0 spiro atoms. The summed E-state index contributed by atoms with van der Waals surface area (Å²) in [6, 6.07) is 0. The van der Waals surface area contributed by atoms with E-state index in [2.05, 4.69) is 0 Å². The molecule has 0 aromatic heterocycles. The van der Waals surface area contributed by atoms with E-state index in [1.54, 1.807) is 0 Å². The SMILES string of the molecule is C[CH-]C.[CH3-].[Zn+2].[Zn]. The van der Waals surface area contributed by atoms with Gasteiger partial charge in [-0.25, -0.2) is 0 Å². The normalized spacial score (nSPS) is 3.00. The van der Waals surface area contributed by atoms with Crippen LogP contribution in [0.2, 0.25) is 0 Å². The molecule has 0 unspecified atom stereocenters. The minimum atomic E-state index is 0. The molecule has 0 aromatic rings. The summed E-state index contributed by atoms with van der Waals surface area (Å²) in [5.41, 5.74) is 0. The maximum absolute atomic E-state index is 2.00. The van der Waals surface area contributed by atoms with Crippen LogP contribution in [0.4, 0.5) is 0 Å². The van der Waals surface area contributed by atoms with E-state index in [0.29, 0.717) is 0 Å². The van der Waals surface area contributed by atoms with Crippen LogP contribution in [0.3, 0.4) is 0 Å². The van der Waals surface area contributed by atoms with Crippen molar-refractivity contribution in [1.82, 2.24) is 0 Å². The molecule has 0 aliphatic carbocycles. The maximum Gasteiger partial charge on any atom is 2.00 e. The molecule has 0 aliphatic heterocycles. The van der Waals surface area contributed by atoms with E-state index in [0.717, 1.165) is 0 Å². The van der Waals surface area contributed by atoms with Crippen LogP contribution in [0.1, 0.15) is 13.8 Å². The van der Waals surface area contributed by atoms with Crippen LogP contribution < -0.4 is 0 Å². The molecule has 30 valence electrons. The molecule has 0 N–H and O–H groups in total. The fraction of sp³-hybridized carbons (Fsp3) is 0.500. The third-order valence-corrected chi connectivity index (χ3v) is 0. The Labute approximate surface area is 66.6 Å². The van der Waals surface area contributed by atoms with Gasteiger partial charge < -0.3 is 13.8 Å². The van der Waals surface area contributed by atoms with Gasteiger partial charge in [-0.15, -0.1) is 0 Å². The van der Waals surface area contributed by atoms with Gasteiger partial charge in [-0.05, 0) is 0 Å². The molecule has 0 aliphatic rings.